The van der Waals surface area contributed by atoms with Crippen LogP contribution in [0.2, 0.25) is 0 Å². The molecule has 2 aromatic rings. The average molecular weight is 333 g/mol. The molecule has 124 valence electrons. The maximum absolute atomic E-state index is 12.4. The number of hydrogen-bond donors (Lipinski definition) is 2. The topological polar surface area (TPSA) is 71.3 Å². The predicted molar refractivity (Wildman–Crippen MR) is 92.6 cm³/mol. The van der Waals surface area contributed by atoms with Crippen LogP contribution in [0.1, 0.15) is 38.6 Å². The van der Waals surface area contributed by atoms with Gasteiger partial charge in [0.2, 0.25) is 0 Å². The van der Waals surface area contributed by atoms with Gasteiger partial charge in [-0.2, -0.15) is 11.8 Å². The van der Waals surface area contributed by atoms with Gasteiger partial charge in [-0.3, -0.25) is 4.40 Å². The number of nitrogens with zero attached hydrogens (tertiary/aromatic N) is 3. The van der Waals surface area contributed by atoms with Crippen molar-refractivity contribution in [2.75, 3.05) is 11.5 Å². The van der Waals surface area contributed by atoms with E-state index < -0.39 is 0 Å². The maximum atomic E-state index is 12.4. The molecule has 0 unspecified atom stereocenters. The number of fused-ring (bicyclic) bond motifs is 1. The Balaban J connectivity index is 1.72. The van der Waals surface area contributed by atoms with E-state index in [0.717, 1.165) is 30.1 Å². The summed E-state index contributed by atoms with van der Waals surface area (Å²) in [5.74, 6) is 3.17. The van der Waals surface area contributed by atoms with Gasteiger partial charge >= 0.3 is 6.03 Å². The molecule has 0 bridgehead atoms. The molecule has 1 aliphatic rings. The lowest BCUT2D eigenvalue weighted by molar-refractivity contribution is 0.228. The highest BCUT2D eigenvalue weighted by atomic mass is 32.2. The summed E-state index contributed by atoms with van der Waals surface area (Å²) in [5.41, 5.74) is 0.791. The Labute approximate surface area is 140 Å². The van der Waals surface area contributed by atoms with Crippen LogP contribution in [0.4, 0.5) is 4.79 Å². The number of hydrogen-bond acceptors (Lipinski definition) is 4. The van der Waals surface area contributed by atoms with Crippen LogP contribution in [0, 0.1) is 5.92 Å². The number of amides is 2. The summed E-state index contributed by atoms with van der Waals surface area (Å²) in [6.07, 6.45) is 4.15. The minimum Gasteiger partial charge on any atom is -0.335 e. The molecular formula is C16H23N5OS. The van der Waals surface area contributed by atoms with Gasteiger partial charge in [0.05, 0.1) is 6.04 Å². The minimum atomic E-state index is -0.177. The lowest BCUT2D eigenvalue weighted by Gasteiger charge is -2.25. The first-order valence-corrected chi connectivity index (χ1v) is 9.25. The molecule has 0 spiro atoms. The summed E-state index contributed by atoms with van der Waals surface area (Å²) in [4.78, 5) is 12.4. The van der Waals surface area contributed by atoms with Crippen molar-refractivity contribution in [1.82, 2.24) is 25.2 Å². The van der Waals surface area contributed by atoms with Gasteiger partial charge in [-0.25, -0.2) is 4.79 Å². The molecule has 1 saturated heterocycles. The summed E-state index contributed by atoms with van der Waals surface area (Å²) >= 11 is 1.90. The van der Waals surface area contributed by atoms with Gasteiger partial charge in [0.25, 0.3) is 0 Å². The second-order valence-electron chi connectivity index (χ2n) is 6.24. The van der Waals surface area contributed by atoms with E-state index in [1.165, 1.54) is 5.75 Å². The molecule has 0 radical (unpaired) electrons. The molecule has 2 amide bonds. The summed E-state index contributed by atoms with van der Waals surface area (Å²) in [6, 6.07) is 5.74. The Bertz CT molecular complexity index is 665. The van der Waals surface area contributed by atoms with Crippen LogP contribution in [0.25, 0.3) is 5.65 Å². The molecule has 0 saturated carbocycles. The lowest BCUT2D eigenvalue weighted by atomic mass is 10.0. The van der Waals surface area contributed by atoms with Gasteiger partial charge in [0, 0.05) is 18.0 Å². The Hall–Kier alpha value is -1.76. The normalized spacial score (nSPS) is 19.7. The van der Waals surface area contributed by atoms with Gasteiger partial charge in [0.1, 0.15) is 0 Å². The van der Waals surface area contributed by atoms with Crippen LogP contribution < -0.4 is 10.6 Å². The molecule has 2 N–H and O–H groups in total. The van der Waals surface area contributed by atoms with E-state index in [9.17, 15) is 4.79 Å². The van der Waals surface area contributed by atoms with Crippen molar-refractivity contribution in [3.63, 3.8) is 0 Å². The van der Waals surface area contributed by atoms with Gasteiger partial charge in [0.15, 0.2) is 11.5 Å². The largest absolute Gasteiger partial charge is 0.335 e. The third-order valence-electron chi connectivity index (χ3n) is 4.07. The first-order chi connectivity index (χ1) is 11.1. The SMILES string of the molecule is CC(C)[C@@H](NC(=O)N[C@H]1CCCSC1)c1nnc2ccccn12. The molecule has 2 aromatic heterocycles. The van der Waals surface area contributed by atoms with Gasteiger partial charge in [-0.05, 0) is 36.6 Å². The monoisotopic (exact) mass is 333 g/mol. The standard InChI is InChI=1S/C16H23N5OS/c1-11(2)14(15-20-19-13-7-3-4-8-21(13)15)18-16(22)17-12-6-5-9-23-10-12/h3-4,7-8,11-12,14H,5-6,9-10H2,1-2H3,(H2,17,18,22)/t12-,14+/m0/s1. The Kier molecular flexibility index (Phi) is 5.05. The molecule has 0 aliphatic carbocycles. The molecular weight excluding hydrogens is 310 g/mol. The van der Waals surface area contributed by atoms with Crippen LogP contribution in [-0.2, 0) is 0 Å². The third kappa shape index (κ3) is 3.77. The van der Waals surface area contributed by atoms with Gasteiger partial charge < -0.3 is 10.6 Å². The maximum Gasteiger partial charge on any atom is 0.315 e. The number of nitrogens with one attached hydrogen (secondary N) is 2. The minimum absolute atomic E-state index is 0.121. The summed E-state index contributed by atoms with van der Waals surface area (Å²) < 4.78 is 1.93. The van der Waals surface area contributed by atoms with E-state index in [-0.39, 0.29) is 24.0 Å². The van der Waals surface area contributed by atoms with Crippen LogP contribution in [0.5, 0.6) is 0 Å². The van der Waals surface area contributed by atoms with Crippen LogP contribution in [0.15, 0.2) is 24.4 Å². The second kappa shape index (κ2) is 7.21. The third-order valence-corrected chi connectivity index (χ3v) is 5.28. The van der Waals surface area contributed by atoms with Crippen molar-refractivity contribution < 1.29 is 4.79 Å². The highest BCUT2D eigenvalue weighted by Gasteiger charge is 2.25. The molecule has 1 aliphatic heterocycles. The van der Waals surface area contributed by atoms with Crippen molar-refractivity contribution in [2.45, 2.75) is 38.8 Å². The summed E-state index contributed by atoms with van der Waals surface area (Å²) in [7, 11) is 0. The Morgan fingerprint density at radius 3 is 3.00 bits per heavy atom. The average Bonchev–Trinajstić information content (AvgIpc) is 2.97. The van der Waals surface area contributed by atoms with Crippen LogP contribution in [-0.4, -0.2) is 38.2 Å². The van der Waals surface area contributed by atoms with Crippen molar-refractivity contribution in [3.8, 4) is 0 Å². The van der Waals surface area contributed by atoms with Gasteiger partial charge in [-0.1, -0.05) is 19.9 Å². The Morgan fingerprint density at radius 1 is 1.39 bits per heavy atom. The Morgan fingerprint density at radius 2 is 2.26 bits per heavy atom. The molecule has 23 heavy (non-hydrogen) atoms. The van der Waals surface area contributed by atoms with Crippen LogP contribution in [0.3, 0.4) is 0 Å². The highest BCUT2D eigenvalue weighted by Crippen LogP contribution is 2.21. The fourth-order valence-corrected chi connectivity index (χ4v) is 3.90. The van der Waals surface area contributed by atoms with Gasteiger partial charge in [-0.15, -0.1) is 10.2 Å². The van der Waals surface area contributed by atoms with Crippen molar-refractivity contribution >= 4 is 23.4 Å². The number of aromatic nitrogens is 3. The number of carbonyl (C=O) groups excluding carboxylic acids is 1. The van der Waals surface area contributed by atoms with Crippen molar-refractivity contribution in [3.05, 3.63) is 30.2 Å². The fourth-order valence-electron chi connectivity index (χ4n) is 2.82. The summed E-state index contributed by atoms with van der Waals surface area (Å²) in [5, 5.41) is 14.6. The van der Waals surface area contributed by atoms with Crippen molar-refractivity contribution in [2.24, 2.45) is 5.92 Å². The smallest absolute Gasteiger partial charge is 0.315 e. The van der Waals surface area contributed by atoms with Crippen molar-refractivity contribution in [1.29, 1.82) is 0 Å². The first kappa shape index (κ1) is 16.1. The molecule has 1 fully saturated rings. The van der Waals surface area contributed by atoms with E-state index in [4.69, 9.17) is 0 Å². The van der Waals surface area contributed by atoms with E-state index in [1.54, 1.807) is 0 Å². The van der Waals surface area contributed by atoms with Crippen LogP contribution >= 0.6 is 11.8 Å². The van der Waals surface area contributed by atoms with E-state index in [1.807, 2.05) is 40.6 Å². The van der Waals surface area contributed by atoms with E-state index in [0.29, 0.717) is 0 Å². The number of pyridine rings is 1. The molecule has 2 atom stereocenters. The zero-order chi connectivity index (χ0) is 16.2. The number of rotatable bonds is 4. The molecule has 7 heteroatoms. The van der Waals surface area contributed by atoms with E-state index >= 15 is 0 Å². The molecule has 3 heterocycles. The zero-order valence-electron chi connectivity index (χ0n) is 13.5. The highest BCUT2D eigenvalue weighted by molar-refractivity contribution is 7.99. The fraction of sp³-hybridized carbons (Fsp3) is 0.562. The first-order valence-electron chi connectivity index (χ1n) is 8.09. The van der Waals surface area contributed by atoms with E-state index in [2.05, 4.69) is 34.7 Å². The number of urea groups is 1. The molecule has 3 rings (SSSR count). The zero-order valence-corrected chi connectivity index (χ0v) is 14.3. The number of thioether (sulfide) groups is 1. The quantitative estimate of drug-likeness (QED) is 0.902. The second-order valence-corrected chi connectivity index (χ2v) is 7.39. The number of carbonyl (C=O) groups is 1. The molecule has 6 nitrogen and oxygen atoms in total. The summed E-state index contributed by atoms with van der Waals surface area (Å²) in [6.45, 7) is 4.15. The predicted octanol–water partition coefficient (Wildman–Crippen LogP) is 2.62. The molecule has 0 aromatic carbocycles. The lowest BCUT2D eigenvalue weighted by Crippen LogP contribution is -2.46.